The lowest BCUT2D eigenvalue weighted by Gasteiger charge is -2.30. The van der Waals surface area contributed by atoms with Crippen LogP contribution in [-0.4, -0.2) is 0 Å². The molecule has 0 aliphatic carbocycles. The third-order valence-electron chi connectivity index (χ3n) is 6.42. The van der Waals surface area contributed by atoms with Crippen molar-refractivity contribution >= 4 is 49.4 Å². The van der Waals surface area contributed by atoms with Crippen molar-refractivity contribution in [3.8, 4) is 0 Å². The summed E-state index contributed by atoms with van der Waals surface area (Å²) in [6, 6.07) is 43.5. The van der Waals surface area contributed by atoms with Gasteiger partial charge in [-0.2, -0.15) is 0 Å². The molecule has 6 rings (SSSR count). The van der Waals surface area contributed by atoms with Crippen LogP contribution in [0, 0.1) is 6.92 Å². The molecule has 0 heterocycles. The smallest absolute Gasteiger partial charge is 0.0618 e. The minimum Gasteiger partial charge on any atom is -0.309 e. The molecule has 6 aromatic carbocycles. The molecule has 0 N–H and O–H groups in total. The van der Waals surface area contributed by atoms with Gasteiger partial charge >= 0.3 is 0 Å². The maximum Gasteiger partial charge on any atom is 0.0618 e. The second-order valence-electron chi connectivity index (χ2n) is 8.23. The predicted molar refractivity (Wildman–Crippen MR) is 138 cm³/mol. The quantitative estimate of drug-likeness (QED) is 0.264. The van der Waals surface area contributed by atoms with Gasteiger partial charge in [-0.05, 0) is 46.8 Å². The van der Waals surface area contributed by atoms with Gasteiger partial charge in [0.15, 0.2) is 0 Å². The van der Waals surface area contributed by atoms with Crippen molar-refractivity contribution in [3.63, 3.8) is 0 Å². The highest BCUT2D eigenvalue weighted by atomic mass is 15.1. The fourth-order valence-corrected chi connectivity index (χ4v) is 4.93. The van der Waals surface area contributed by atoms with Crippen LogP contribution in [0.3, 0.4) is 0 Å². The van der Waals surface area contributed by atoms with Crippen molar-refractivity contribution in [2.75, 3.05) is 4.90 Å². The standard InChI is InChI=1S/C31H23N/c1-22-25-16-7-9-19-28(25)31(29-20-10-8-17-26(22)29)32(24-14-3-2-4-15-24)30-21-11-13-23-12-5-6-18-27(23)30/h2-21H,1H3. The monoisotopic (exact) mass is 409 g/mol. The second-order valence-corrected chi connectivity index (χ2v) is 8.23. The Bertz CT molecular complexity index is 1520. The van der Waals surface area contributed by atoms with Gasteiger partial charge in [-0.15, -0.1) is 0 Å². The van der Waals surface area contributed by atoms with E-state index in [1.54, 1.807) is 0 Å². The van der Waals surface area contributed by atoms with Crippen molar-refractivity contribution in [3.05, 3.63) is 127 Å². The van der Waals surface area contributed by atoms with E-state index < -0.39 is 0 Å². The molecule has 0 unspecified atom stereocenters. The average Bonchev–Trinajstić information content (AvgIpc) is 2.87. The fraction of sp³-hybridized carbons (Fsp3) is 0.0323. The summed E-state index contributed by atoms with van der Waals surface area (Å²) in [5, 5.41) is 7.60. The summed E-state index contributed by atoms with van der Waals surface area (Å²) in [7, 11) is 0. The molecule has 152 valence electrons. The molecule has 0 bridgehead atoms. The zero-order valence-corrected chi connectivity index (χ0v) is 18.0. The highest BCUT2D eigenvalue weighted by Crippen LogP contribution is 2.46. The maximum atomic E-state index is 2.44. The highest BCUT2D eigenvalue weighted by molar-refractivity contribution is 6.17. The van der Waals surface area contributed by atoms with Crippen molar-refractivity contribution < 1.29 is 0 Å². The maximum absolute atomic E-state index is 2.44. The number of fused-ring (bicyclic) bond motifs is 3. The number of anilines is 3. The Hall–Kier alpha value is -4.10. The van der Waals surface area contributed by atoms with Gasteiger partial charge in [0.05, 0.1) is 11.4 Å². The third kappa shape index (κ3) is 2.86. The van der Waals surface area contributed by atoms with Crippen LogP contribution in [0.15, 0.2) is 121 Å². The van der Waals surface area contributed by atoms with Crippen LogP contribution in [-0.2, 0) is 0 Å². The molecule has 32 heavy (non-hydrogen) atoms. The summed E-state index contributed by atoms with van der Waals surface area (Å²) in [4.78, 5) is 2.44. The van der Waals surface area contributed by atoms with E-state index in [1.165, 1.54) is 49.3 Å². The summed E-state index contributed by atoms with van der Waals surface area (Å²) in [5.41, 5.74) is 4.90. The van der Waals surface area contributed by atoms with Crippen LogP contribution in [0.5, 0.6) is 0 Å². The molecule has 0 atom stereocenters. The van der Waals surface area contributed by atoms with Crippen LogP contribution >= 0.6 is 0 Å². The molecule has 0 spiro atoms. The summed E-state index contributed by atoms with van der Waals surface area (Å²) >= 11 is 0. The molecule has 0 amide bonds. The Labute approximate surface area is 188 Å². The molecular formula is C31H23N. The lowest BCUT2D eigenvalue weighted by Crippen LogP contribution is -2.12. The second kappa shape index (κ2) is 7.55. The van der Waals surface area contributed by atoms with Crippen LogP contribution < -0.4 is 4.90 Å². The fourth-order valence-electron chi connectivity index (χ4n) is 4.93. The van der Waals surface area contributed by atoms with Crippen LogP contribution in [0.2, 0.25) is 0 Å². The summed E-state index contributed by atoms with van der Waals surface area (Å²) < 4.78 is 0. The SMILES string of the molecule is Cc1c2ccccc2c(N(c2ccccc2)c2cccc3ccccc23)c2ccccc12. The number of para-hydroxylation sites is 1. The Morgan fingerprint density at radius 1 is 0.438 bits per heavy atom. The zero-order valence-electron chi connectivity index (χ0n) is 18.0. The topological polar surface area (TPSA) is 3.24 Å². The number of nitrogens with zero attached hydrogens (tertiary/aromatic N) is 1. The largest absolute Gasteiger partial charge is 0.309 e. The van der Waals surface area contributed by atoms with Gasteiger partial charge in [0.1, 0.15) is 0 Å². The van der Waals surface area contributed by atoms with E-state index in [9.17, 15) is 0 Å². The lowest BCUT2D eigenvalue weighted by molar-refractivity contribution is 1.32. The summed E-state index contributed by atoms with van der Waals surface area (Å²) in [6.07, 6.45) is 0. The molecule has 6 aromatic rings. The first-order valence-corrected chi connectivity index (χ1v) is 11.1. The molecule has 1 heteroatoms. The molecular weight excluding hydrogens is 386 g/mol. The van der Waals surface area contributed by atoms with E-state index in [0.717, 1.165) is 5.69 Å². The van der Waals surface area contributed by atoms with Crippen molar-refractivity contribution in [2.24, 2.45) is 0 Å². The molecule has 0 aliphatic heterocycles. The van der Waals surface area contributed by atoms with Crippen molar-refractivity contribution in [1.29, 1.82) is 0 Å². The van der Waals surface area contributed by atoms with Gasteiger partial charge in [-0.25, -0.2) is 0 Å². The Balaban J connectivity index is 1.81. The Morgan fingerprint density at radius 2 is 0.938 bits per heavy atom. The first kappa shape index (κ1) is 18.7. The Morgan fingerprint density at radius 3 is 1.59 bits per heavy atom. The van der Waals surface area contributed by atoms with E-state index in [4.69, 9.17) is 0 Å². The zero-order chi connectivity index (χ0) is 21.5. The van der Waals surface area contributed by atoms with Gasteiger partial charge in [-0.3, -0.25) is 0 Å². The van der Waals surface area contributed by atoms with E-state index in [2.05, 4.69) is 133 Å². The normalized spacial score (nSPS) is 11.3. The van der Waals surface area contributed by atoms with E-state index in [-0.39, 0.29) is 0 Å². The number of hydrogen-bond donors (Lipinski definition) is 0. The van der Waals surface area contributed by atoms with Gasteiger partial charge in [0, 0.05) is 21.8 Å². The van der Waals surface area contributed by atoms with E-state index >= 15 is 0 Å². The molecule has 0 aromatic heterocycles. The first-order valence-electron chi connectivity index (χ1n) is 11.1. The summed E-state index contributed by atoms with van der Waals surface area (Å²) in [6.45, 7) is 2.24. The number of aryl methyl sites for hydroxylation is 1. The minimum atomic E-state index is 1.16. The number of hydrogen-bond acceptors (Lipinski definition) is 1. The van der Waals surface area contributed by atoms with Gasteiger partial charge < -0.3 is 4.90 Å². The highest BCUT2D eigenvalue weighted by Gasteiger charge is 2.21. The summed E-state index contributed by atoms with van der Waals surface area (Å²) in [5.74, 6) is 0. The lowest BCUT2D eigenvalue weighted by atomic mass is 9.94. The minimum absolute atomic E-state index is 1.16. The molecule has 0 fully saturated rings. The number of benzene rings is 6. The predicted octanol–water partition coefficient (Wildman–Crippen LogP) is 8.92. The molecule has 1 nitrogen and oxygen atoms in total. The van der Waals surface area contributed by atoms with E-state index in [0.29, 0.717) is 0 Å². The van der Waals surface area contributed by atoms with Gasteiger partial charge in [0.25, 0.3) is 0 Å². The van der Waals surface area contributed by atoms with Crippen LogP contribution in [0.1, 0.15) is 5.56 Å². The molecule has 0 saturated carbocycles. The molecule has 0 radical (unpaired) electrons. The molecule has 0 aliphatic rings. The van der Waals surface area contributed by atoms with Crippen LogP contribution in [0.4, 0.5) is 17.1 Å². The van der Waals surface area contributed by atoms with Gasteiger partial charge in [-0.1, -0.05) is 103 Å². The third-order valence-corrected chi connectivity index (χ3v) is 6.42. The average molecular weight is 410 g/mol. The van der Waals surface area contributed by atoms with Crippen LogP contribution in [0.25, 0.3) is 32.3 Å². The van der Waals surface area contributed by atoms with Gasteiger partial charge in [0.2, 0.25) is 0 Å². The van der Waals surface area contributed by atoms with Crippen molar-refractivity contribution in [1.82, 2.24) is 0 Å². The Kier molecular flexibility index (Phi) is 4.40. The van der Waals surface area contributed by atoms with E-state index in [1.807, 2.05) is 0 Å². The molecule has 0 saturated heterocycles. The first-order chi connectivity index (χ1) is 15.8. The number of rotatable bonds is 3. The van der Waals surface area contributed by atoms with Crippen molar-refractivity contribution in [2.45, 2.75) is 6.92 Å².